The fourth-order valence-electron chi connectivity index (χ4n) is 2.87. The number of Topliss-reactive ketones (excluding diaryl/α,β-unsaturated/α-hetero) is 1. The molecule has 1 aliphatic carbocycles. The number of carbonyl (C=O) groups is 1. The fourth-order valence-corrected chi connectivity index (χ4v) is 2.87. The van der Waals surface area contributed by atoms with Crippen LogP contribution in [0.3, 0.4) is 0 Å². The van der Waals surface area contributed by atoms with Crippen LogP contribution in [0.25, 0.3) is 0 Å². The van der Waals surface area contributed by atoms with Crippen molar-refractivity contribution in [3.8, 4) is 0 Å². The summed E-state index contributed by atoms with van der Waals surface area (Å²) in [5.41, 5.74) is 0.324. The smallest absolute Gasteiger partial charge is 0.376 e. The van der Waals surface area contributed by atoms with Gasteiger partial charge in [0.25, 0.3) is 0 Å². The number of hydrogen-bond acceptors (Lipinski definition) is 4. The van der Waals surface area contributed by atoms with Crippen LogP contribution in [-0.4, -0.2) is 40.9 Å². The zero-order valence-corrected chi connectivity index (χ0v) is 9.65. The van der Waals surface area contributed by atoms with Crippen molar-refractivity contribution >= 4 is 12.8 Å². The molecule has 0 aromatic heterocycles. The van der Waals surface area contributed by atoms with Crippen molar-refractivity contribution in [2.24, 2.45) is 5.41 Å². The highest BCUT2D eigenvalue weighted by Crippen LogP contribution is 2.45. The van der Waals surface area contributed by atoms with E-state index in [0.29, 0.717) is 12.0 Å². The second-order valence-corrected chi connectivity index (χ2v) is 4.93. The predicted molar refractivity (Wildman–Crippen MR) is 62.0 cm³/mol. The summed E-state index contributed by atoms with van der Waals surface area (Å²) in [5.74, 6) is 0.125. The van der Waals surface area contributed by atoms with Gasteiger partial charge in [0.15, 0.2) is 5.78 Å². The molecule has 88 valence electrons. The van der Waals surface area contributed by atoms with Crippen LogP contribution in [0.5, 0.6) is 0 Å². The molecule has 0 radical (unpaired) electrons. The van der Waals surface area contributed by atoms with E-state index in [0.717, 1.165) is 38.6 Å². The molecule has 1 saturated heterocycles. The first-order valence-electron chi connectivity index (χ1n) is 5.89. The van der Waals surface area contributed by atoms with Gasteiger partial charge in [-0.15, -0.1) is 0 Å². The first-order chi connectivity index (χ1) is 7.59. The van der Waals surface area contributed by atoms with Crippen LogP contribution in [0, 0.1) is 5.41 Å². The molecule has 1 heterocycles. The molecule has 2 rings (SSSR count). The molecule has 2 fully saturated rings. The molecule has 1 spiro atoms. The van der Waals surface area contributed by atoms with Crippen molar-refractivity contribution in [2.45, 2.75) is 32.5 Å². The topological polar surface area (TPSA) is 60.8 Å². The number of allylic oxidation sites excluding steroid dienone is 1. The molecule has 2 aliphatic rings. The van der Waals surface area contributed by atoms with Crippen LogP contribution in [-0.2, 0) is 4.79 Å². The van der Waals surface area contributed by atoms with Gasteiger partial charge in [0.1, 0.15) is 0 Å². The van der Waals surface area contributed by atoms with E-state index in [4.69, 9.17) is 5.11 Å². The van der Waals surface area contributed by atoms with Gasteiger partial charge in [-0.2, -0.15) is 0 Å². The molecule has 0 atom stereocenters. The number of rotatable bonds is 1. The number of carbonyl (C=O) groups excluding carboxylic acids is 1. The van der Waals surface area contributed by atoms with Crippen molar-refractivity contribution < 1.29 is 14.9 Å². The van der Waals surface area contributed by atoms with E-state index < -0.39 is 7.05 Å². The minimum Gasteiger partial charge on any atom is -0.515 e. The lowest BCUT2D eigenvalue weighted by Gasteiger charge is -2.38. The van der Waals surface area contributed by atoms with Gasteiger partial charge in [-0.3, -0.25) is 4.79 Å². The average molecular weight is 223 g/mol. The molecule has 0 amide bonds. The second-order valence-electron chi connectivity index (χ2n) is 4.93. The maximum Gasteiger partial charge on any atom is 0.376 e. The van der Waals surface area contributed by atoms with Gasteiger partial charge < -0.3 is 14.9 Å². The number of aliphatic hydroxyl groups excluding tert-OH is 1. The molecule has 1 saturated carbocycles. The molecule has 0 aromatic carbocycles. The van der Waals surface area contributed by atoms with Gasteiger partial charge in [0.05, 0.1) is 6.26 Å². The van der Waals surface area contributed by atoms with Crippen LogP contribution in [0.4, 0.5) is 0 Å². The minimum absolute atomic E-state index is 0.125. The summed E-state index contributed by atoms with van der Waals surface area (Å²) in [7, 11) is -0.429. The normalized spacial score (nSPS) is 27.9. The molecule has 5 heteroatoms. The summed E-state index contributed by atoms with van der Waals surface area (Å²) in [4.78, 5) is 14.1. The van der Waals surface area contributed by atoms with Gasteiger partial charge in [-0.25, -0.2) is 0 Å². The number of ketones is 1. The Balaban J connectivity index is 2.06. The molecule has 1 aliphatic heterocycles. The Morgan fingerprint density at radius 1 is 1.38 bits per heavy atom. The van der Waals surface area contributed by atoms with Crippen LogP contribution in [0.15, 0.2) is 11.8 Å². The first kappa shape index (κ1) is 11.7. The van der Waals surface area contributed by atoms with Crippen molar-refractivity contribution in [3.05, 3.63) is 11.8 Å². The molecule has 0 bridgehead atoms. The SMILES string of the molecule is CB(O)N1CCC2(CC/C(=C/O)C2=O)CC1. The highest BCUT2D eigenvalue weighted by molar-refractivity contribution is 6.45. The maximum atomic E-state index is 12.1. The minimum atomic E-state index is -0.429. The largest absolute Gasteiger partial charge is 0.515 e. The number of nitrogens with zero attached hydrogens (tertiary/aromatic N) is 1. The zero-order valence-electron chi connectivity index (χ0n) is 9.65. The maximum absolute atomic E-state index is 12.1. The Morgan fingerprint density at radius 3 is 2.44 bits per heavy atom. The zero-order chi connectivity index (χ0) is 11.8. The Morgan fingerprint density at radius 2 is 2.00 bits per heavy atom. The standard InChI is InChI=1S/C11H18BNO3/c1-12(16)13-6-4-11(5-7-13)3-2-9(8-14)10(11)15/h8,14,16H,2-7H2,1H3/b9-8-. The van der Waals surface area contributed by atoms with Gasteiger partial charge in [-0.1, -0.05) is 0 Å². The summed E-state index contributed by atoms with van der Waals surface area (Å²) in [6, 6.07) is 0. The van der Waals surface area contributed by atoms with Crippen molar-refractivity contribution in [1.82, 2.24) is 4.81 Å². The van der Waals surface area contributed by atoms with Gasteiger partial charge in [-0.05, 0) is 45.6 Å². The van der Waals surface area contributed by atoms with Crippen LogP contribution in [0.2, 0.25) is 6.82 Å². The van der Waals surface area contributed by atoms with Crippen LogP contribution < -0.4 is 0 Å². The Kier molecular flexibility index (Phi) is 3.08. The molecular weight excluding hydrogens is 205 g/mol. The lowest BCUT2D eigenvalue weighted by molar-refractivity contribution is -0.125. The van der Waals surface area contributed by atoms with Crippen molar-refractivity contribution in [1.29, 1.82) is 0 Å². The molecule has 2 N–H and O–H groups in total. The lowest BCUT2D eigenvalue weighted by atomic mass is 9.72. The van der Waals surface area contributed by atoms with E-state index >= 15 is 0 Å². The molecule has 16 heavy (non-hydrogen) atoms. The molecular formula is C11H18BNO3. The summed E-state index contributed by atoms with van der Waals surface area (Å²) < 4.78 is 0. The van der Waals surface area contributed by atoms with E-state index in [2.05, 4.69) is 0 Å². The van der Waals surface area contributed by atoms with E-state index in [9.17, 15) is 9.82 Å². The molecule has 0 unspecified atom stereocenters. The van der Waals surface area contributed by atoms with Crippen molar-refractivity contribution in [2.75, 3.05) is 13.1 Å². The van der Waals surface area contributed by atoms with E-state index in [-0.39, 0.29) is 11.2 Å². The van der Waals surface area contributed by atoms with Crippen molar-refractivity contribution in [3.63, 3.8) is 0 Å². The lowest BCUT2D eigenvalue weighted by Crippen LogP contribution is -2.47. The van der Waals surface area contributed by atoms with Crippen LogP contribution in [0.1, 0.15) is 25.7 Å². The van der Waals surface area contributed by atoms with E-state index in [1.54, 1.807) is 6.82 Å². The Labute approximate surface area is 96.1 Å². The number of piperidine rings is 1. The summed E-state index contributed by atoms with van der Waals surface area (Å²) in [6.07, 6.45) is 4.12. The monoisotopic (exact) mass is 223 g/mol. The summed E-state index contributed by atoms with van der Waals surface area (Å²) in [5, 5.41) is 18.4. The molecule has 0 aromatic rings. The highest BCUT2D eigenvalue weighted by Gasteiger charge is 2.47. The highest BCUT2D eigenvalue weighted by atomic mass is 16.2. The van der Waals surface area contributed by atoms with Gasteiger partial charge in [0, 0.05) is 11.0 Å². The van der Waals surface area contributed by atoms with Crippen LogP contribution >= 0.6 is 0 Å². The number of hydrogen-bond donors (Lipinski definition) is 2. The molecule has 4 nitrogen and oxygen atoms in total. The third-order valence-corrected chi connectivity index (χ3v) is 4.09. The summed E-state index contributed by atoms with van der Waals surface area (Å²) >= 11 is 0. The van der Waals surface area contributed by atoms with Gasteiger partial charge >= 0.3 is 7.05 Å². The second kappa shape index (κ2) is 4.22. The van der Waals surface area contributed by atoms with Gasteiger partial charge in [0.2, 0.25) is 0 Å². The third-order valence-electron chi connectivity index (χ3n) is 4.09. The van der Waals surface area contributed by atoms with E-state index in [1.807, 2.05) is 4.81 Å². The predicted octanol–water partition coefficient (Wildman–Crippen LogP) is 0.984. The fraction of sp³-hybridized carbons (Fsp3) is 0.727. The van der Waals surface area contributed by atoms with E-state index in [1.165, 1.54) is 0 Å². The number of aliphatic hydroxyl groups is 1. The Bertz CT molecular complexity index is 319. The quantitative estimate of drug-likeness (QED) is 0.395. The first-order valence-corrected chi connectivity index (χ1v) is 5.89. The average Bonchev–Trinajstić information content (AvgIpc) is 2.58. The summed E-state index contributed by atoms with van der Waals surface area (Å²) in [6.45, 7) is 3.29. The Hall–Kier alpha value is -0.805. The third kappa shape index (κ3) is 1.78.